The predicted molar refractivity (Wildman–Crippen MR) is 149 cm³/mol. The number of aliphatic hydroxyl groups is 2. The third kappa shape index (κ3) is 22.7. The van der Waals surface area contributed by atoms with Crippen LogP contribution in [0.4, 0.5) is 0 Å². The molecule has 2 N–H and O–H groups in total. The second kappa shape index (κ2) is 28.5. The molecule has 0 bridgehead atoms. The van der Waals surface area contributed by atoms with Gasteiger partial charge in [0.15, 0.2) is 0 Å². The van der Waals surface area contributed by atoms with E-state index in [1.165, 1.54) is 0 Å². The third-order valence-electron chi connectivity index (χ3n) is 4.15. The van der Waals surface area contributed by atoms with Gasteiger partial charge < -0.3 is 38.6 Å². The zero-order valence-electron chi connectivity index (χ0n) is 24.9. The van der Waals surface area contributed by atoms with Crippen LogP contribution in [0.2, 0.25) is 0 Å². The Morgan fingerprint density at radius 2 is 0.643 bits per heavy atom. The van der Waals surface area contributed by atoms with Gasteiger partial charge in [0.2, 0.25) is 0 Å². The van der Waals surface area contributed by atoms with Gasteiger partial charge in [0, 0.05) is 13.2 Å². The van der Waals surface area contributed by atoms with E-state index in [0.29, 0.717) is 12.8 Å². The van der Waals surface area contributed by atoms with Crippen LogP contribution in [-0.2, 0) is 57.2 Å². The maximum Gasteiger partial charge on any atom is 0.344 e. The predicted octanol–water partition coefficient (Wildman–Crippen LogP) is 1.51. The summed E-state index contributed by atoms with van der Waals surface area (Å²) >= 11 is 0. The van der Waals surface area contributed by atoms with Crippen molar-refractivity contribution >= 4 is 35.8 Å². The summed E-state index contributed by atoms with van der Waals surface area (Å²) in [4.78, 5) is 67.1. The van der Waals surface area contributed by atoms with Gasteiger partial charge in [-0.05, 0) is 53.4 Å². The largest absolute Gasteiger partial charge is 0.462 e. The standard InChI is InChI=1S/C16H22O8.C8H12O4.C4H10O2/c1-5-21-13(17)11(3)15(19)23-9-7-8-10-24-16(20)12(4)14(18)22-6-2;1-4-11-7(9)6(3)8(10)12-5-2;5-3-1-2-4-6/h3-10H2,1-2H3;3-5H2,1-2H3;5-6H,1-4H2. The van der Waals surface area contributed by atoms with E-state index in [-0.39, 0.29) is 69.6 Å². The molecule has 0 aliphatic rings. The maximum atomic E-state index is 11.5. The molecule has 0 unspecified atom stereocenters. The van der Waals surface area contributed by atoms with Crippen LogP contribution >= 0.6 is 0 Å². The first-order chi connectivity index (χ1) is 19.9. The van der Waals surface area contributed by atoms with Gasteiger partial charge in [0.1, 0.15) is 16.7 Å². The van der Waals surface area contributed by atoms with Crippen LogP contribution in [0.1, 0.15) is 53.4 Å². The Morgan fingerprint density at radius 1 is 0.429 bits per heavy atom. The van der Waals surface area contributed by atoms with Crippen molar-refractivity contribution in [3.63, 3.8) is 0 Å². The summed E-state index contributed by atoms with van der Waals surface area (Å²) in [6.07, 6.45) is 2.22. The number of ether oxygens (including phenoxy) is 6. The van der Waals surface area contributed by atoms with Crippen molar-refractivity contribution in [1.82, 2.24) is 0 Å². The van der Waals surface area contributed by atoms with Crippen molar-refractivity contribution in [1.29, 1.82) is 0 Å². The lowest BCUT2D eigenvalue weighted by Crippen LogP contribution is -2.19. The fourth-order valence-corrected chi connectivity index (χ4v) is 2.05. The molecule has 0 saturated heterocycles. The topological polar surface area (TPSA) is 198 Å². The average molecular weight is 605 g/mol. The number of esters is 6. The van der Waals surface area contributed by atoms with E-state index >= 15 is 0 Å². The molecule has 0 radical (unpaired) electrons. The van der Waals surface area contributed by atoms with Crippen molar-refractivity contribution in [2.24, 2.45) is 0 Å². The van der Waals surface area contributed by atoms with Crippen LogP contribution in [-0.4, -0.2) is 98.9 Å². The first kappa shape index (κ1) is 42.4. The Balaban J connectivity index is -0.000000695. The summed E-state index contributed by atoms with van der Waals surface area (Å²) in [5, 5.41) is 16.2. The summed E-state index contributed by atoms with van der Waals surface area (Å²) in [6, 6.07) is 0. The zero-order valence-corrected chi connectivity index (χ0v) is 24.9. The van der Waals surface area contributed by atoms with Crippen molar-refractivity contribution in [3.8, 4) is 0 Å². The van der Waals surface area contributed by atoms with Crippen molar-refractivity contribution in [2.45, 2.75) is 53.4 Å². The highest BCUT2D eigenvalue weighted by Crippen LogP contribution is 2.03. The van der Waals surface area contributed by atoms with Gasteiger partial charge in [-0.1, -0.05) is 19.7 Å². The number of aliphatic hydroxyl groups excluding tert-OH is 2. The minimum atomic E-state index is -0.860. The normalized spacial score (nSPS) is 9.29. The monoisotopic (exact) mass is 604 g/mol. The fourth-order valence-electron chi connectivity index (χ4n) is 2.05. The first-order valence-electron chi connectivity index (χ1n) is 13.2. The molecule has 14 heteroatoms. The molecule has 0 saturated carbocycles. The number of hydrogen-bond acceptors (Lipinski definition) is 14. The third-order valence-corrected chi connectivity index (χ3v) is 4.15. The highest BCUT2D eigenvalue weighted by atomic mass is 16.6. The molecule has 0 rings (SSSR count). The smallest absolute Gasteiger partial charge is 0.344 e. The van der Waals surface area contributed by atoms with Crippen molar-refractivity contribution in [2.75, 3.05) is 52.9 Å². The summed E-state index contributed by atoms with van der Waals surface area (Å²) in [6.45, 7) is 17.5. The Kier molecular flexibility index (Phi) is 28.8. The van der Waals surface area contributed by atoms with Crippen LogP contribution < -0.4 is 0 Å². The lowest BCUT2D eigenvalue weighted by atomic mass is 10.3. The summed E-state index contributed by atoms with van der Waals surface area (Å²) in [5.41, 5.74) is -1.03. The number of carbonyl (C=O) groups is 6. The summed E-state index contributed by atoms with van der Waals surface area (Å²) in [7, 11) is 0. The second-order valence-electron chi connectivity index (χ2n) is 7.45. The number of carbonyl (C=O) groups excluding carboxylic acids is 6. The molecule has 0 aromatic carbocycles. The molecule has 0 amide bonds. The van der Waals surface area contributed by atoms with E-state index in [9.17, 15) is 28.8 Å². The van der Waals surface area contributed by atoms with Crippen LogP contribution in [0.5, 0.6) is 0 Å². The fraction of sp³-hybridized carbons (Fsp3) is 0.571. The Morgan fingerprint density at radius 3 is 0.833 bits per heavy atom. The van der Waals surface area contributed by atoms with E-state index in [0.717, 1.165) is 12.8 Å². The summed E-state index contributed by atoms with van der Waals surface area (Å²) < 4.78 is 27.9. The molecular weight excluding hydrogens is 560 g/mol. The van der Waals surface area contributed by atoms with Gasteiger partial charge in [-0.2, -0.15) is 0 Å². The van der Waals surface area contributed by atoms with Gasteiger partial charge in [-0.25, -0.2) is 28.8 Å². The maximum absolute atomic E-state index is 11.5. The van der Waals surface area contributed by atoms with Gasteiger partial charge >= 0.3 is 35.8 Å². The first-order valence-corrected chi connectivity index (χ1v) is 13.2. The highest BCUT2D eigenvalue weighted by molar-refractivity contribution is 6.14. The quantitative estimate of drug-likeness (QED) is 0.0570. The molecular formula is C28H44O14. The van der Waals surface area contributed by atoms with E-state index in [2.05, 4.69) is 38.7 Å². The molecule has 0 fully saturated rings. The van der Waals surface area contributed by atoms with Crippen LogP contribution in [0.25, 0.3) is 0 Å². The van der Waals surface area contributed by atoms with Crippen LogP contribution in [0.15, 0.2) is 36.5 Å². The second-order valence-corrected chi connectivity index (χ2v) is 7.45. The van der Waals surface area contributed by atoms with Gasteiger partial charge in [0.25, 0.3) is 0 Å². The summed E-state index contributed by atoms with van der Waals surface area (Å²) in [5.74, 6) is -4.82. The van der Waals surface area contributed by atoms with Crippen LogP contribution in [0.3, 0.4) is 0 Å². The number of unbranched alkanes of at least 4 members (excludes halogenated alkanes) is 2. The number of rotatable bonds is 18. The molecule has 0 aliphatic carbocycles. The molecule has 14 nitrogen and oxygen atoms in total. The lowest BCUT2D eigenvalue weighted by Gasteiger charge is -2.08. The molecule has 42 heavy (non-hydrogen) atoms. The Bertz CT molecular complexity index is 821. The number of hydrogen-bond donors (Lipinski definition) is 2. The molecule has 0 aromatic rings. The molecule has 0 atom stereocenters. The molecule has 0 aliphatic heterocycles. The minimum absolute atomic E-state index is 0.0215. The van der Waals surface area contributed by atoms with E-state index < -0.39 is 35.8 Å². The Hall–Kier alpha value is -4.04. The van der Waals surface area contributed by atoms with E-state index in [1.807, 2.05) is 0 Å². The van der Waals surface area contributed by atoms with Crippen molar-refractivity contribution in [3.05, 3.63) is 36.5 Å². The lowest BCUT2D eigenvalue weighted by molar-refractivity contribution is -0.149. The van der Waals surface area contributed by atoms with Crippen molar-refractivity contribution < 1.29 is 67.4 Å². The highest BCUT2D eigenvalue weighted by Gasteiger charge is 2.19. The Labute approximate surface area is 246 Å². The molecule has 240 valence electrons. The average Bonchev–Trinajstić information content (AvgIpc) is 2.97. The molecule has 0 aromatic heterocycles. The zero-order chi connectivity index (χ0) is 32.9. The van der Waals surface area contributed by atoms with Crippen LogP contribution in [0, 0.1) is 0 Å². The van der Waals surface area contributed by atoms with E-state index in [1.54, 1.807) is 27.7 Å². The van der Waals surface area contributed by atoms with Gasteiger partial charge in [0.05, 0.1) is 39.6 Å². The van der Waals surface area contributed by atoms with Gasteiger partial charge in [-0.3, -0.25) is 0 Å². The molecule has 0 heterocycles. The SMILES string of the molecule is C=C(C(=O)OCC)C(=O)OCC.C=C(C(=O)OCC)C(=O)OCCCCOC(=O)C(=C)C(=O)OCC.OCCCCO. The van der Waals surface area contributed by atoms with Gasteiger partial charge in [-0.15, -0.1) is 0 Å². The minimum Gasteiger partial charge on any atom is -0.462 e. The van der Waals surface area contributed by atoms with E-state index in [4.69, 9.17) is 19.7 Å². The molecule has 0 spiro atoms.